The molecule has 0 atom stereocenters. The van der Waals surface area contributed by atoms with Crippen LogP contribution < -0.4 is 0 Å². The lowest BCUT2D eigenvalue weighted by Gasteiger charge is -2.51. The maximum Gasteiger partial charge on any atom is 0.246 e. The molecule has 1 spiro atoms. The van der Waals surface area contributed by atoms with E-state index in [0.29, 0.717) is 5.54 Å². The van der Waals surface area contributed by atoms with Crippen LogP contribution in [0.1, 0.15) is 12.8 Å². The summed E-state index contributed by atoms with van der Waals surface area (Å²) in [5.74, 6) is 0.0749. The summed E-state index contributed by atoms with van der Waals surface area (Å²) in [6, 6.07) is 0. The van der Waals surface area contributed by atoms with Crippen molar-refractivity contribution in [2.75, 3.05) is 26.7 Å². The van der Waals surface area contributed by atoms with Crippen molar-refractivity contribution in [1.29, 1.82) is 0 Å². The lowest BCUT2D eigenvalue weighted by molar-refractivity contribution is -0.137. The Hall–Kier alpha value is -0.830. The van der Waals surface area contributed by atoms with Gasteiger partial charge in [-0.15, -0.1) is 0 Å². The van der Waals surface area contributed by atoms with Gasteiger partial charge in [-0.1, -0.05) is 6.58 Å². The van der Waals surface area contributed by atoms with E-state index in [9.17, 15) is 4.79 Å². The van der Waals surface area contributed by atoms with Gasteiger partial charge in [0.25, 0.3) is 0 Å². The number of carbonyl (C=O) groups excluding carboxylic acids is 1. The number of hydrogen-bond acceptors (Lipinski definition) is 2. The van der Waals surface area contributed by atoms with Gasteiger partial charge in [-0.05, 0) is 32.5 Å². The molecule has 0 aromatic rings. The molecule has 2 saturated heterocycles. The van der Waals surface area contributed by atoms with Crippen molar-refractivity contribution < 1.29 is 4.79 Å². The highest BCUT2D eigenvalue weighted by Gasteiger charge is 2.49. The SMILES string of the molecule is C=CC(=O)N1CC2(CCCN2C)C1. The summed E-state index contributed by atoms with van der Waals surface area (Å²) in [5.41, 5.74) is 0.318. The molecule has 2 aliphatic rings. The fourth-order valence-electron chi connectivity index (χ4n) is 2.42. The first kappa shape index (κ1) is 8.75. The van der Waals surface area contributed by atoms with Gasteiger partial charge >= 0.3 is 0 Å². The van der Waals surface area contributed by atoms with Crippen LogP contribution in [-0.2, 0) is 4.79 Å². The smallest absolute Gasteiger partial charge is 0.246 e. The van der Waals surface area contributed by atoms with E-state index in [4.69, 9.17) is 0 Å². The second-order valence-corrected chi connectivity index (χ2v) is 4.15. The molecule has 3 heteroatoms. The molecule has 0 aliphatic carbocycles. The van der Waals surface area contributed by atoms with Gasteiger partial charge in [-0.2, -0.15) is 0 Å². The van der Waals surface area contributed by atoms with Crippen LogP contribution in [0.4, 0.5) is 0 Å². The predicted octanol–water partition coefficient (Wildman–Crippen LogP) is 0.479. The first-order chi connectivity index (χ1) is 6.18. The van der Waals surface area contributed by atoms with Gasteiger partial charge in [0.2, 0.25) is 5.91 Å². The molecule has 2 rings (SSSR count). The lowest BCUT2D eigenvalue weighted by Crippen LogP contribution is -2.67. The van der Waals surface area contributed by atoms with Crippen molar-refractivity contribution in [3.05, 3.63) is 12.7 Å². The van der Waals surface area contributed by atoms with Gasteiger partial charge in [-0.25, -0.2) is 0 Å². The van der Waals surface area contributed by atoms with Crippen LogP contribution in [-0.4, -0.2) is 47.9 Å². The summed E-state index contributed by atoms with van der Waals surface area (Å²) >= 11 is 0. The Balaban J connectivity index is 1.96. The molecule has 3 nitrogen and oxygen atoms in total. The highest BCUT2D eigenvalue weighted by molar-refractivity contribution is 5.88. The van der Waals surface area contributed by atoms with Crippen LogP contribution in [0.25, 0.3) is 0 Å². The first-order valence-electron chi connectivity index (χ1n) is 4.80. The Morgan fingerprint density at radius 2 is 2.23 bits per heavy atom. The van der Waals surface area contributed by atoms with E-state index in [0.717, 1.165) is 13.1 Å². The van der Waals surface area contributed by atoms with Crippen LogP contribution in [0.15, 0.2) is 12.7 Å². The molecule has 2 aliphatic heterocycles. The van der Waals surface area contributed by atoms with Crippen LogP contribution in [0.3, 0.4) is 0 Å². The number of likely N-dealkylation sites (tertiary alicyclic amines) is 2. The molecule has 0 N–H and O–H groups in total. The zero-order valence-electron chi connectivity index (χ0n) is 8.12. The normalized spacial score (nSPS) is 26.1. The molecular weight excluding hydrogens is 164 g/mol. The third kappa shape index (κ3) is 1.18. The van der Waals surface area contributed by atoms with Crippen molar-refractivity contribution in [2.45, 2.75) is 18.4 Å². The van der Waals surface area contributed by atoms with E-state index < -0.39 is 0 Å². The summed E-state index contributed by atoms with van der Waals surface area (Å²) in [6.45, 7) is 6.46. The number of nitrogens with zero attached hydrogens (tertiary/aromatic N) is 2. The summed E-state index contributed by atoms with van der Waals surface area (Å²) in [4.78, 5) is 15.5. The van der Waals surface area contributed by atoms with E-state index in [2.05, 4.69) is 18.5 Å². The minimum absolute atomic E-state index is 0.0749. The number of hydrogen-bond donors (Lipinski definition) is 0. The van der Waals surface area contributed by atoms with Crippen molar-refractivity contribution >= 4 is 5.91 Å². The molecule has 2 heterocycles. The lowest BCUT2D eigenvalue weighted by atomic mass is 9.87. The maximum absolute atomic E-state index is 11.2. The molecule has 0 aromatic heterocycles. The standard InChI is InChI=1S/C10H16N2O/c1-3-9(13)12-7-10(8-12)5-4-6-11(10)2/h3H,1,4-8H2,2H3. The zero-order valence-corrected chi connectivity index (χ0v) is 8.12. The van der Waals surface area contributed by atoms with E-state index in [1.807, 2.05) is 4.90 Å². The first-order valence-corrected chi connectivity index (χ1v) is 4.80. The average molecular weight is 180 g/mol. The molecule has 72 valence electrons. The summed E-state index contributed by atoms with van der Waals surface area (Å²) in [5, 5.41) is 0. The highest BCUT2D eigenvalue weighted by atomic mass is 16.2. The largest absolute Gasteiger partial charge is 0.335 e. The van der Waals surface area contributed by atoms with E-state index in [1.165, 1.54) is 25.5 Å². The number of likely N-dealkylation sites (N-methyl/N-ethyl adjacent to an activating group) is 1. The van der Waals surface area contributed by atoms with Gasteiger partial charge < -0.3 is 4.90 Å². The molecule has 0 aromatic carbocycles. The maximum atomic E-state index is 11.2. The van der Waals surface area contributed by atoms with Crippen molar-refractivity contribution in [3.63, 3.8) is 0 Å². The highest BCUT2D eigenvalue weighted by Crippen LogP contribution is 2.36. The summed E-state index contributed by atoms with van der Waals surface area (Å²) in [6.07, 6.45) is 3.92. The Morgan fingerprint density at radius 1 is 1.54 bits per heavy atom. The Kier molecular flexibility index (Phi) is 1.91. The molecule has 0 radical (unpaired) electrons. The minimum Gasteiger partial charge on any atom is -0.335 e. The third-order valence-corrected chi connectivity index (χ3v) is 3.40. The molecule has 0 bridgehead atoms. The van der Waals surface area contributed by atoms with E-state index >= 15 is 0 Å². The van der Waals surface area contributed by atoms with Gasteiger partial charge in [0.15, 0.2) is 0 Å². The fourth-order valence-corrected chi connectivity index (χ4v) is 2.42. The van der Waals surface area contributed by atoms with Crippen LogP contribution in [0, 0.1) is 0 Å². The molecule has 0 unspecified atom stereocenters. The second kappa shape index (κ2) is 2.84. The Bertz CT molecular complexity index is 243. The molecule has 13 heavy (non-hydrogen) atoms. The van der Waals surface area contributed by atoms with Crippen LogP contribution >= 0.6 is 0 Å². The zero-order chi connectivity index (χ0) is 9.47. The number of rotatable bonds is 1. The second-order valence-electron chi connectivity index (χ2n) is 4.15. The molecule has 2 fully saturated rings. The Labute approximate surface area is 79.0 Å². The van der Waals surface area contributed by atoms with Crippen LogP contribution in [0.2, 0.25) is 0 Å². The average Bonchev–Trinajstić information content (AvgIpc) is 2.43. The summed E-state index contributed by atoms with van der Waals surface area (Å²) in [7, 11) is 2.16. The van der Waals surface area contributed by atoms with Gasteiger partial charge in [0.1, 0.15) is 0 Å². The Morgan fingerprint density at radius 3 is 2.69 bits per heavy atom. The predicted molar refractivity (Wildman–Crippen MR) is 51.4 cm³/mol. The fraction of sp³-hybridized carbons (Fsp3) is 0.700. The van der Waals surface area contributed by atoms with Crippen LogP contribution in [0.5, 0.6) is 0 Å². The van der Waals surface area contributed by atoms with Crippen molar-refractivity contribution in [1.82, 2.24) is 9.80 Å². The van der Waals surface area contributed by atoms with E-state index in [1.54, 1.807) is 0 Å². The quantitative estimate of drug-likeness (QED) is 0.548. The number of amides is 1. The van der Waals surface area contributed by atoms with Gasteiger partial charge in [0.05, 0.1) is 5.54 Å². The number of carbonyl (C=O) groups is 1. The van der Waals surface area contributed by atoms with Crippen molar-refractivity contribution in [3.8, 4) is 0 Å². The van der Waals surface area contributed by atoms with Gasteiger partial charge in [-0.3, -0.25) is 9.69 Å². The molecular formula is C10H16N2O. The summed E-state index contributed by atoms with van der Waals surface area (Å²) < 4.78 is 0. The van der Waals surface area contributed by atoms with Gasteiger partial charge in [0, 0.05) is 13.1 Å². The minimum atomic E-state index is 0.0749. The van der Waals surface area contributed by atoms with E-state index in [-0.39, 0.29) is 5.91 Å². The topological polar surface area (TPSA) is 23.6 Å². The van der Waals surface area contributed by atoms with Crippen molar-refractivity contribution in [2.24, 2.45) is 0 Å². The molecule has 0 saturated carbocycles. The third-order valence-electron chi connectivity index (χ3n) is 3.40. The molecule has 1 amide bonds. The monoisotopic (exact) mass is 180 g/mol.